The highest BCUT2D eigenvalue weighted by Crippen LogP contribution is 2.40. The lowest BCUT2D eigenvalue weighted by Gasteiger charge is -2.36. The van der Waals surface area contributed by atoms with Crippen molar-refractivity contribution in [3.05, 3.63) is 75.4 Å². The van der Waals surface area contributed by atoms with Gasteiger partial charge >= 0.3 is 0 Å². The highest BCUT2D eigenvalue weighted by atomic mass is 32.1. The van der Waals surface area contributed by atoms with Crippen molar-refractivity contribution in [3.63, 3.8) is 0 Å². The van der Waals surface area contributed by atoms with E-state index in [1.807, 2.05) is 24.3 Å². The molecule has 202 valence electrons. The van der Waals surface area contributed by atoms with Gasteiger partial charge in [0.1, 0.15) is 16.9 Å². The van der Waals surface area contributed by atoms with E-state index in [2.05, 4.69) is 0 Å². The van der Waals surface area contributed by atoms with E-state index in [-0.39, 0.29) is 41.3 Å². The van der Waals surface area contributed by atoms with Gasteiger partial charge in [0.05, 0.1) is 23.9 Å². The van der Waals surface area contributed by atoms with Crippen molar-refractivity contribution in [2.75, 3.05) is 33.9 Å². The summed E-state index contributed by atoms with van der Waals surface area (Å²) in [6.45, 7) is 0.236. The molecule has 2 aromatic heterocycles. The number of amides is 2. The summed E-state index contributed by atoms with van der Waals surface area (Å²) in [5, 5.41) is 10.2. The molecule has 1 saturated heterocycles. The average Bonchev–Trinajstić information content (AvgIpc) is 3.38. The third-order valence-electron chi connectivity index (χ3n) is 7.38. The van der Waals surface area contributed by atoms with Crippen molar-refractivity contribution in [3.8, 4) is 5.75 Å². The van der Waals surface area contributed by atoms with Crippen LogP contribution in [-0.4, -0.2) is 77.0 Å². The second kappa shape index (κ2) is 11.0. The number of ketones is 1. The summed E-state index contributed by atoms with van der Waals surface area (Å²) in [5.41, 5.74) is 0.727. The van der Waals surface area contributed by atoms with Crippen molar-refractivity contribution in [1.82, 2.24) is 14.4 Å². The van der Waals surface area contributed by atoms with Gasteiger partial charge in [-0.3, -0.25) is 23.7 Å². The van der Waals surface area contributed by atoms with Crippen molar-refractivity contribution in [1.29, 1.82) is 0 Å². The number of thiophene rings is 1. The number of nitrogens with zero attached hydrogens (tertiary/aromatic N) is 3. The van der Waals surface area contributed by atoms with E-state index in [9.17, 15) is 19.2 Å². The maximum absolute atomic E-state index is 13.9. The largest absolute Gasteiger partial charge is 0.494 e. The molecule has 0 unspecified atom stereocenters. The summed E-state index contributed by atoms with van der Waals surface area (Å²) >= 11 is 1.21. The summed E-state index contributed by atoms with van der Waals surface area (Å²) in [6, 6.07) is 16.1. The number of aliphatic hydroxyl groups is 1. The van der Waals surface area contributed by atoms with E-state index in [4.69, 9.17) is 9.84 Å². The maximum Gasteiger partial charge on any atom is 0.267 e. The predicted molar refractivity (Wildman–Crippen MR) is 150 cm³/mol. The topological polar surface area (TPSA) is 109 Å². The molecule has 4 aromatic rings. The van der Waals surface area contributed by atoms with E-state index in [0.29, 0.717) is 46.6 Å². The van der Waals surface area contributed by atoms with Gasteiger partial charge in [0.15, 0.2) is 11.5 Å². The number of rotatable bonds is 7. The van der Waals surface area contributed by atoms with Crippen LogP contribution in [0, 0.1) is 0 Å². The monoisotopic (exact) mass is 547 g/mol. The Morgan fingerprint density at radius 2 is 1.72 bits per heavy atom. The third kappa shape index (κ3) is 4.81. The SMILES string of the molecule is COc1c(C(=O)N(C)C2CCN(C(=O)CO)CC2)sc2c1c(=O)n(CC(=O)c1ccccc1)c1ccccc21. The molecule has 0 spiro atoms. The molecule has 0 aliphatic carbocycles. The summed E-state index contributed by atoms with van der Waals surface area (Å²) in [4.78, 5) is 56.1. The number of para-hydroxylation sites is 1. The molecule has 1 fully saturated rings. The Morgan fingerprint density at radius 3 is 2.38 bits per heavy atom. The Morgan fingerprint density at radius 1 is 1.05 bits per heavy atom. The molecule has 0 bridgehead atoms. The zero-order chi connectivity index (χ0) is 27.7. The Bertz CT molecular complexity index is 1620. The molecule has 0 saturated carbocycles. The van der Waals surface area contributed by atoms with Crippen LogP contribution in [0.4, 0.5) is 0 Å². The Balaban J connectivity index is 1.55. The highest BCUT2D eigenvalue weighted by Gasteiger charge is 2.32. The molecular weight excluding hydrogens is 518 g/mol. The van der Waals surface area contributed by atoms with Crippen LogP contribution >= 0.6 is 11.3 Å². The normalized spacial score (nSPS) is 14.1. The van der Waals surface area contributed by atoms with Crippen LogP contribution in [0.5, 0.6) is 5.75 Å². The van der Waals surface area contributed by atoms with E-state index >= 15 is 0 Å². The molecule has 2 aromatic carbocycles. The fourth-order valence-corrected chi connectivity index (χ4v) is 6.50. The number of ether oxygens (including phenoxy) is 1. The molecule has 9 nitrogen and oxygen atoms in total. The molecule has 1 aliphatic heterocycles. The summed E-state index contributed by atoms with van der Waals surface area (Å²) in [7, 11) is 3.15. The van der Waals surface area contributed by atoms with Crippen molar-refractivity contribution in [2.45, 2.75) is 25.4 Å². The van der Waals surface area contributed by atoms with Gasteiger partial charge in [0.25, 0.3) is 11.5 Å². The first-order valence-electron chi connectivity index (χ1n) is 12.7. The van der Waals surface area contributed by atoms with Crippen molar-refractivity contribution >= 4 is 49.9 Å². The molecule has 1 aliphatic rings. The first-order valence-corrected chi connectivity index (χ1v) is 13.5. The van der Waals surface area contributed by atoms with E-state index in [0.717, 1.165) is 5.39 Å². The molecule has 5 rings (SSSR count). The Labute approximate surface area is 228 Å². The number of hydrogen-bond donors (Lipinski definition) is 1. The van der Waals surface area contributed by atoms with Crippen LogP contribution in [0.15, 0.2) is 59.4 Å². The maximum atomic E-state index is 13.9. The Hall–Kier alpha value is -4.02. The number of fused-ring (bicyclic) bond motifs is 3. The van der Waals surface area contributed by atoms with E-state index < -0.39 is 12.2 Å². The number of carbonyl (C=O) groups is 3. The molecule has 3 heterocycles. The minimum absolute atomic E-state index is 0.105. The fourth-order valence-electron chi connectivity index (χ4n) is 5.23. The van der Waals surface area contributed by atoms with Crippen molar-refractivity contribution in [2.24, 2.45) is 0 Å². The minimum atomic E-state index is -0.527. The number of pyridine rings is 1. The first kappa shape index (κ1) is 26.6. The molecular formula is C29H29N3O6S. The summed E-state index contributed by atoms with van der Waals surface area (Å²) in [6.07, 6.45) is 1.16. The number of aromatic nitrogens is 1. The molecule has 10 heteroatoms. The van der Waals surface area contributed by atoms with Gasteiger partial charge < -0.3 is 19.6 Å². The van der Waals surface area contributed by atoms with Gasteiger partial charge in [-0.25, -0.2) is 0 Å². The molecule has 1 N–H and O–H groups in total. The van der Waals surface area contributed by atoms with Crippen LogP contribution in [0.1, 0.15) is 32.9 Å². The lowest BCUT2D eigenvalue weighted by molar-refractivity contribution is -0.135. The second-order valence-electron chi connectivity index (χ2n) is 9.55. The van der Waals surface area contributed by atoms with Crippen LogP contribution in [-0.2, 0) is 11.3 Å². The molecule has 0 atom stereocenters. The van der Waals surface area contributed by atoms with Crippen LogP contribution in [0.3, 0.4) is 0 Å². The number of Topliss-reactive ketones (excluding diaryl/α,β-unsaturated/α-hetero) is 1. The van der Waals surface area contributed by atoms with Gasteiger partial charge in [-0.15, -0.1) is 11.3 Å². The number of aliphatic hydroxyl groups excluding tert-OH is 1. The van der Waals surface area contributed by atoms with Gasteiger partial charge in [-0.05, 0) is 18.9 Å². The van der Waals surface area contributed by atoms with Gasteiger partial charge in [0.2, 0.25) is 5.91 Å². The number of benzene rings is 2. The zero-order valence-corrected chi connectivity index (χ0v) is 22.6. The quantitative estimate of drug-likeness (QED) is 0.356. The number of methoxy groups -OCH3 is 1. The number of hydrogen-bond acceptors (Lipinski definition) is 7. The van der Waals surface area contributed by atoms with Crippen LogP contribution in [0.2, 0.25) is 0 Å². The summed E-state index contributed by atoms with van der Waals surface area (Å²) < 4.78 is 7.77. The number of piperidine rings is 1. The second-order valence-corrected chi connectivity index (χ2v) is 10.6. The molecule has 39 heavy (non-hydrogen) atoms. The van der Waals surface area contributed by atoms with Gasteiger partial charge in [0, 0.05) is 37.1 Å². The number of likely N-dealkylation sites (tertiary alicyclic amines) is 1. The molecule has 2 amide bonds. The first-order chi connectivity index (χ1) is 18.8. The van der Waals surface area contributed by atoms with E-state index in [1.54, 1.807) is 47.2 Å². The molecule has 0 radical (unpaired) electrons. The average molecular weight is 548 g/mol. The predicted octanol–water partition coefficient (Wildman–Crippen LogP) is 3.16. The third-order valence-corrected chi connectivity index (χ3v) is 8.57. The lowest BCUT2D eigenvalue weighted by atomic mass is 10.0. The van der Waals surface area contributed by atoms with Gasteiger partial charge in [-0.1, -0.05) is 48.5 Å². The smallest absolute Gasteiger partial charge is 0.267 e. The van der Waals surface area contributed by atoms with Crippen LogP contribution < -0.4 is 10.3 Å². The summed E-state index contributed by atoms with van der Waals surface area (Å²) in [5.74, 6) is -0.576. The van der Waals surface area contributed by atoms with Crippen LogP contribution in [0.25, 0.3) is 21.0 Å². The van der Waals surface area contributed by atoms with Crippen molar-refractivity contribution < 1.29 is 24.2 Å². The Kier molecular flexibility index (Phi) is 7.49. The lowest BCUT2D eigenvalue weighted by Crippen LogP contribution is -2.47. The highest BCUT2D eigenvalue weighted by molar-refractivity contribution is 7.22. The minimum Gasteiger partial charge on any atom is -0.494 e. The van der Waals surface area contributed by atoms with Gasteiger partial charge in [-0.2, -0.15) is 0 Å². The van der Waals surface area contributed by atoms with E-state index in [1.165, 1.54) is 23.0 Å². The fraction of sp³-hybridized carbons (Fsp3) is 0.310. The zero-order valence-electron chi connectivity index (χ0n) is 21.8. The number of carbonyl (C=O) groups excluding carboxylic acids is 3. The standard InChI is InChI=1S/C29H29N3O6S/c1-30(19-12-14-31(15-13-19)23(35)17-33)29(37)27-25(38-2)24-26(39-27)20-10-6-7-11-21(20)32(28(24)36)16-22(34)18-8-4-3-5-9-18/h3-11,19,33H,12-17H2,1-2H3.